The van der Waals surface area contributed by atoms with Crippen LogP contribution < -0.4 is 10.6 Å². The van der Waals surface area contributed by atoms with E-state index in [1.807, 2.05) is 24.4 Å². The van der Waals surface area contributed by atoms with Gasteiger partial charge in [0.2, 0.25) is 11.8 Å². The van der Waals surface area contributed by atoms with Crippen molar-refractivity contribution in [3.05, 3.63) is 22.4 Å². The van der Waals surface area contributed by atoms with Crippen LogP contribution in [0.1, 0.15) is 58.3 Å². The third-order valence-corrected chi connectivity index (χ3v) is 8.23. The van der Waals surface area contributed by atoms with Gasteiger partial charge in [0.15, 0.2) is 0 Å². The lowest BCUT2D eigenvalue weighted by molar-refractivity contribution is -0.143. The van der Waals surface area contributed by atoms with E-state index in [0.717, 1.165) is 30.6 Å². The molecule has 2 aliphatic carbocycles. The quantitative estimate of drug-likeness (QED) is 0.702. The first-order chi connectivity index (χ1) is 13.2. The van der Waals surface area contributed by atoms with Crippen LogP contribution in [-0.2, 0) is 16.1 Å². The summed E-state index contributed by atoms with van der Waals surface area (Å²) in [5.74, 6) is 0.0329. The highest BCUT2D eigenvalue weighted by molar-refractivity contribution is 7.09. The maximum absolute atomic E-state index is 12.7. The molecule has 6 heteroatoms. The van der Waals surface area contributed by atoms with Crippen LogP contribution in [0.5, 0.6) is 0 Å². The third kappa shape index (κ3) is 4.28. The maximum Gasteiger partial charge on any atom is 0.223 e. The van der Waals surface area contributed by atoms with Gasteiger partial charge in [0.05, 0.1) is 12.6 Å². The number of hydrogen-bond acceptors (Lipinski definition) is 4. The summed E-state index contributed by atoms with van der Waals surface area (Å²) in [6, 6.07) is 4.10. The number of carbonyl (C=O) groups excluding carboxylic acids is 2. The van der Waals surface area contributed by atoms with E-state index in [9.17, 15) is 14.7 Å². The van der Waals surface area contributed by atoms with Crippen molar-refractivity contribution in [1.29, 1.82) is 0 Å². The number of aliphatic hydroxyl groups excluding tert-OH is 1. The van der Waals surface area contributed by atoms with E-state index >= 15 is 0 Å². The van der Waals surface area contributed by atoms with Crippen LogP contribution in [0.15, 0.2) is 17.5 Å². The highest BCUT2D eigenvalue weighted by Gasteiger charge is 2.53. The zero-order valence-corrected chi connectivity index (χ0v) is 18.2. The molecule has 0 saturated heterocycles. The van der Waals surface area contributed by atoms with Crippen LogP contribution in [0.3, 0.4) is 0 Å². The van der Waals surface area contributed by atoms with Gasteiger partial charge in [-0.2, -0.15) is 0 Å². The van der Waals surface area contributed by atoms with E-state index < -0.39 is 6.10 Å². The van der Waals surface area contributed by atoms with Gasteiger partial charge in [0.1, 0.15) is 0 Å². The lowest BCUT2D eigenvalue weighted by atomic mass is 9.51. The summed E-state index contributed by atoms with van der Waals surface area (Å²) in [6.07, 6.45) is 3.35. The topological polar surface area (TPSA) is 78.4 Å². The van der Waals surface area contributed by atoms with Gasteiger partial charge in [0, 0.05) is 23.8 Å². The lowest BCUT2D eigenvalue weighted by Gasteiger charge is -2.56. The number of amides is 2. The van der Waals surface area contributed by atoms with Gasteiger partial charge in [0.25, 0.3) is 0 Å². The SMILES string of the molecule is CC(=O)N[C@H]1CC[C@@]2(C)CC[C@H]([C@H](C)C(=O)NCc3cccs3)[C@H](O)[C@H]2[C@H]1C. The summed E-state index contributed by atoms with van der Waals surface area (Å²) >= 11 is 1.63. The second kappa shape index (κ2) is 8.54. The van der Waals surface area contributed by atoms with E-state index in [2.05, 4.69) is 24.5 Å². The van der Waals surface area contributed by atoms with Gasteiger partial charge >= 0.3 is 0 Å². The second-order valence-corrected chi connectivity index (χ2v) is 10.2. The van der Waals surface area contributed by atoms with Crippen LogP contribution in [0.2, 0.25) is 0 Å². The molecule has 1 aromatic heterocycles. The summed E-state index contributed by atoms with van der Waals surface area (Å²) < 4.78 is 0. The Morgan fingerprint density at radius 2 is 2.07 bits per heavy atom. The molecule has 7 atom stereocenters. The Morgan fingerprint density at radius 1 is 1.36 bits per heavy atom. The van der Waals surface area contributed by atoms with Crippen molar-refractivity contribution in [3.63, 3.8) is 0 Å². The van der Waals surface area contributed by atoms with Crippen molar-refractivity contribution in [2.45, 2.75) is 72.1 Å². The number of aliphatic hydroxyl groups is 1. The van der Waals surface area contributed by atoms with Crippen molar-refractivity contribution in [3.8, 4) is 0 Å². The predicted molar refractivity (Wildman–Crippen MR) is 112 cm³/mol. The molecule has 1 heterocycles. The molecular formula is C22H34N2O3S. The second-order valence-electron chi connectivity index (χ2n) is 9.16. The molecule has 2 aliphatic rings. The Kier molecular flexibility index (Phi) is 6.50. The average Bonchev–Trinajstić information content (AvgIpc) is 3.15. The van der Waals surface area contributed by atoms with Crippen LogP contribution in [0, 0.1) is 29.1 Å². The molecular weight excluding hydrogens is 372 g/mol. The number of fused-ring (bicyclic) bond motifs is 1. The first-order valence-corrected chi connectivity index (χ1v) is 11.4. The van der Waals surface area contributed by atoms with Gasteiger partial charge < -0.3 is 15.7 Å². The largest absolute Gasteiger partial charge is 0.392 e. The van der Waals surface area contributed by atoms with Crippen molar-refractivity contribution in [2.75, 3.05) is 0 Å². The first kappa shape index (κ1) is 21.3. The number of hydrogen-bond donors (Lipinski definition) is 3. The first-order valence-electron chi connectivity index (χ1n) is 10.5. The molecule has 3 N–H and O–H groups in total. The van der Waals surface area contributed by atoms with Gasteiger partial charge in [-0.1, -0.05) is 26.8 Å². The Hall–Kier alpha value is -1.40. The van der Waals surface area contributed by atoms with Crippen molar-refractivity contribution < 1.29 is 14.7 Å². The molecule has 0 bridgehead atoms. The molecule has 2 amide bonds. The molecule has 2 saturated carbocycles. The predicted octanol–water partition coefficient (Wildman–Crippen LogP) is 3.33. The summed E-state index contributed by atoms with van der Waals surface area (Å²) in [7, 11) is 0. The Labute approximate surface area is 172 Å². The fourth-order valence-corrected chi connectivity index (χ4v) is 6.35. The summed E-state index contributed by atoms with van der Waals surface area (Å²) in [5, 5.41) is 19.4. The van der Waals surface area contributed by atoms with E-state index in [1.165, 1.54) is 0 Å². The highest BCUT2D eigenvalue weighted by atomic mass is 32.1. The highest BCUT2D eigenvalue weighted by Crippen LogP contribution is 2.55. The van der Waals surface area contributed by atoms with Crippen LogP contribution >= 0.6 is 11.3 Å². The Bertz CT molecular complexity index is 692. The maximum atomic E-state index is 12.7. The lowest BCUT2D eigenvalue weighted by Crippen LogP contribution is -2.58. The molecule has 28 heavy (non-hydrogen) atoms. The molecule has 3 rings (SSSR count). The van der Waals surface area contributed by atoms with Gasteiger partial charge in [-0.05, 0) is 60.3 Å². The molecule has 156 valence electrons. The van der Waals surface area contributed by atoms with E-state index in [-0.39, 0.29) is 46.9 Å². The standard InChI is InChI=1S/C22H34N2O3S/c1-13(21(27)23-12-16-6-5-11-28-16)17-7-9-22(4)10-8-18(24-15(3)25)14(2)19(22)20(17)26/h5-6,11,13-14,17-20,26H,7-10,12H2,1-4H3,(H,23,27)(H,24,25)/t13-,14-,17+,18-,19+,20-,22+/m0/s1. The van der Waals surface area contributed by atoms with Crippen molar-refractivity contribution in [1.82, 2.24) is 10.6 Å². The zero-order valence-electron chi connectivity index (χ0n) is 17.4. The normalized spacial score (nSPS) is 36.2. The van der Waals surface area contributed by atoms with E-state index in [4.69, 9.17) is 0 Å². The van der Waals surface area contributed by atoms with Gasteiger partial charge in [-0.15, -0.1) is 11.3 Å². The summed E-state index contributed by atoms with van der Waals surface area (Å²) in [6.45, 7) is 8.47. The Balaban J connectivity index is 1.68. The number of carbonyl (C=O) groups is 2. The molecule has 0 aromatic carbocycles. The van der Waals surface area contributed by atoms with Gasteiger partial charge in [-0.3, -0.25) is 9.59 Å². The Morgan fingerprint density at radius 3 is 2.71 bits per heavy atom. The van der Waals surface area contributed by atoms with E-state index in [0.29, 0.717) is 6.54 Å². The molecule has 0 unspecified atom stereocenters. The number of rotatable bonds is 5. The van der Waals surface area contributed by atoms with Crippen molar-refractivity contribution in [2.24, 2.45) is 29.1 Å². The minimum atomic E-state index is -0.521. The fourth-order valence-electron chi connectivity index (χ4n) is 5.70. The molecule has 0 spiro atoms. The summed E-state index contributed by atoms with van der Waals surface area (Å²) in [4.78, 5) is 25.5. The monoisotopic (exact) mass is 406 g/mol. The van der Waals surface area contributed by atoms with Crippen LogP contribution in [0.4, 0.5) is 0 Å². The van der Waals surface area contributed by atoms with Crippen LogP contribution in [0.25, 0.3) is 0 Å². The van der Waals surface area contributed by atoms with Gasteiger partial charge in [-0.25, -0.2) is 0 Å². The molecule has 2 fully saturated rings. The fraction of sp³-hybridized carbons (Fsp3) is 0.727. The molecule has 5 nitrogen and oxygen atoms in total. The molecule has 0 radical (unpaired) electrons. The molecule has 1 aromatic rings. The summed E-state index contributed by atoms with van der Waals surface area (Å²) in [5.41, 5.74) is 0.0808. The molecule has 0 aliphatic heterocycles. The van der Waals surface area contributed by atoms with Crippen LogP contribution in [-0.4, -0.2) is 29.1 Å². The third-order valence-electron chi connectivity index (χ3n) is 7.35. The minimum Gasteiger partial charge on any atom is -0.392 e. The number of thiophene rings is 1. The van der Waals surface area contributed by atoms with Crippen molar-refractivity contribution >= 4 is 23.2 Å². The van der Waals surface area contributed by atoms with E-state index in [1.54, 1.807) is 18.3 Å². The average molecular weight is 407 g/mol. The number of nitrogens with one attached hydrogen (secondary N) is 2. The zero-order chi connectivity index (χ0) is 20.5. The minimum absolute atomic E-state index is 0.0105. The smallest absolute Gasteiger partial charge is 0.223 e.